The number of rotatable bonds is 2. The molecular formula is C14H22ClN5O3. The van der Waals surface area contributed by atoms with Gasteiger partial charge in [0.1, 0.15) is 5.60 Å². The lowest BCUT2D eigenvalue weighted by Crippen LogP contribution is -2.52. The fraction of sp³-hybridized carbons (Fsp3) is 0.714. The second kappa shape index (κ2) is 6.84. The monoisotopic (exact) mass is 343 g/mol. The molecule has 0 saturated carbocycles. The number of likely N-dealkylation sites (tertiary alicyclic amines) is 1. The number of nitrogens with one attached hydrogen (secondary N) is 1. The van der Waals surface area contributed by atoms with Gasteiger partial charge in [0.05, 0.1) is 24.4 Å². The van der Waals surface area contributed by atoms with E-state index in [1.54, 1.807) is 6.92 Å². The van der Waals surface area contributed by atoms with Crippen LogP contribution in [0.5, 0.6) is 0 Å². The number of amides is 1. The first kappa shape index (κ1) is 17.7. The third-order valence-electron chi connectivity index (χ3n) is 3.35. The summed E-state index contributed by atoms with van der Waals surface area (Å²) in [4.78, 5) is 17.7. The molecule has 9 heteroatoms. The number of β-amino-alcohol motifs (C(OH)–C–C–N with tert-alkyl or cyclic N) is 1. The smallest absolute Gasteiger partial charge is 0.410 e. The Labute approximate surface area is 140 Å². The summed E-state index contributed by atoms with van der Waals surface area (Å²) < 4.78 is 5.31. The number of piperidine rings is 1. The van der Waals surface area contributed by atoms with E-state index in [1.807, 2.05) is 20.8 Å². The summed E-state index contributed by atoms with van der Waals surface area (Å²) >= 11 is 5.79. The number of hydrogen-bond donors (Lipinski definition) is 2. The van der Waals surface area contributed by atoms with Gasteiger partial charge in [0.2, 0.25) is 5.95 Å². The first-order valence-electron chi connectivity index (χ1n) is 7.45. The maximum Gasteiger partial charge on any atom is 0.410 e. The summed E-state index contributed by atoms with van der Waals surface area (Å²) in [6.45, 7) is 7.81. The maximum absolute atomic E-state index is 12.0. The topological polar surface area (TPSA) is 100 Å². The molecule has 1 fully saturated rings. The minimum atomic E-state index is -0.754. The molecule has 23 heavy (non-hydrogen) atoms. The van der Waals surface area contributed by atoms with Crippen LogP contribution in [0.25, 0.3) is 0 Å². The molecule has 1 saturated heterocycles. The maximum atomic E-state index is 12.0. The minimum Gasteiger partial charge on any atom is -0.444 e. The van der Waals surface area contributed by atoms with Crippen molar-refractivity contribution < 1.29 is 14.6 Å². The molecule has 1 aliphatic rings. The van der Waals surface area contributed by atoms with Crippen LogP contribution in [0.1, 0.15) is 32.9 Å². The second-order valence-corrected chi connectivity index (χ2v) is 6.90. The van der Waals surface area contributed by atoms with Gasteiger partial charge >= 0.3 is 6.09 Å². The average molecular weight is 344 g/mol. The van der Waals surface area contributed by atoms with Gasteiger partial charge in [0, 0.05) is 6.54 Å². The van der Waals surface area contributed by atoms with Gasteiger partial charge < -0.3 is 20.1 Å². The Balaban J connectivity index is 1.93. The molecule has 128 valence electrons. The Morgan fingerprint density at radius 2 is 2.13 bits per heavy atom. The largest absolute Gasteiger partial charge is 0.444 e. The average Bonchev–Trinajstić information content (AvgIpc) is 2.43. The zero-order valence-electron chi connectivity index (χ0n) is 13.7. The molecule has 0 spiro atoms. The van der Waals surface area contributed by atoms with Gasteiger partial charge in [-0.3, -0.25) is 0 Å². The van der Waals surface area contributed by atoms with Crippen LogP contribution in [0.4, 0.5) is 10.7 Å². The van der Waals surface area contributed by atoms with Crippen LogP contribution in [-0.2, 0) is 4.74 Å². The molecule has 0 aromatic carbocycles. The normalized spacial score (nSPS) is 21.9. The van der Waals surface area contributed by atoms with Gasteiger partial charge in [0.25, 0.3) is 0 Å². The zero-order chi connectivity index (χ0) is 17.2. The summed E-state index contributed by atoms with van der Waals surface area (Å²) in [5.41, 5.74) is 0.00199. The quantitative estimate of drug-likeness (QED) is 0.841. The zero-order valence-corrected chi connectivity index (χ0v) is 14.5. The number of aryl methyl sites for hydroxylation is 1. The van der Waals surface area contributed by atoms with Crippen LogP contribution < -0.4 is 5.32 Å². The highest BCUT2D eigenvalue weighted by Crippen LogP contribution is 2.18. The number of carbonyl (C=O) groups excluding carboxylic acids is 1. The standard InChI is InChI=1S/C14H22ClN5O3/c1-8-11(15)18-19-12(16-8)17-9-5-6-20(7-10(9)21)13(22)23-14(2,3)4/h9-10,21H,5-7H2,1-4H3,(H,16,17,19)/t9-,10-/m1/s1. The first-order chi connectivity index (χ1) is 10.7. The van der Waals surface area contributed by atoms with Gasteiger partial charge in [0.15, 0.2) is 5.15 Å². The fourth-order valence-corrected chi connectivity index (χ4v) is 2.29. The van der Waals surface area contributed by atoms with Gasteiger partial charge in [-0.05, 0) is 34.1 Å². The van der Waals surface area contributed by atoms with E-state index in [2.05, 4.69) is 20.5 Å². The van der Waals surface area contributed by atoms with Crippen LogP contribution >= 0.6 is 11.6 Å². The molecule has 2 atom stereocenters. The number of aliphatic hydroxyl groups excluding tert-OH is 1. The summed E-state index contributed by atoms with van der Waals surface area (Å²) in [6.07, 6.45) is -0.628. The molecule has 0 bridgehead atoms. The molecule has 1 aromatic rings. The Kier molecular flexibility index (Phi) is 5.26. The number of anilines is 1. The molecule has 0 radical (unpaired) electrons. The molecule has 1 amide bonds. The number of aromatic nitrogens is 3. The highest BCUT2D eigenvalue weighted by molar-refractivity contribution is 6.29. The molecule has 1 aliphatic heterocycles. The lowest BCUT2D eigenvalue weighted by molar-refractivity contribution is 0.00113. The number of carbonyl (C=O) groups is 1. The number of nitrogens with zero attached hydrogens (tertiary/aromatic N) is 4. The minimum absolute atomic E-state index is 0.187. The molecule has 0 aliphatic carbocycles. The van der Waals surface area contributed by atoms with Crippen LogP contribution in [0.2, 0.25) is 5.15 Å². The Bertz CT molecular complexity index is 578. The Morgan fingerprint density at radius 1 is 1.43 bits per heavy atom. The van der Waals surface area contributed by atoms with Crippen molar-refractivity contribution >= 4 is 23.6 Å². The molecule has 2 rings (SSSR count). The summed E-state index contributed by atoms with van der Waals surface area (Å²) in [5.74, 6) is 0.307. The molecule has 0 unspecified atom stereocenters. The summed E-state index contributed by atoms with van der Waals surface area (Å²) in [6, 6.07) is -0.268. The number of hydrogen-bond acceptors (Lipinski definition) is 7. The van der Waals surface area contributed by atoms with E-state index in [1.165, 1.54) is 4.90 Å². The van der Waals surface area contributed by atoms with Gasteiger partial charge in [-0.25, -0.2) is 9.78 Å². The van der Waals surface area contributed by atoms with Crippen molar-refractivity contribution in [3.8, 4) is 0 Å². The first-order valence-corrected chi connectivity index (χ1v) is 7.83. The predicted octanol–water partition coefficient (Wildman–Crippen LogP) is 1.62. The summed E-state index contributed by atoms with van der Waals surface area (Å²) in [7, 11) is 0. The van der Waals surface area contributed by atoms with Crippen LogP contribution in [-0.4, -0.2) is 62.1 Å². The van der Waals surface area contributed by atoms with Crippen LogP contribution in [0.15, 0.2) is 0 Å². The van der Waals surface area contributed by atoms with Crippen molar-refractivity contribution in [2.24, 2.45) is 0 Å². The van der Waals surface area contributed by atoms with Crippen molar-refractivity contribution in [1.82, 2.24) is 20.1 Å². The SMILES string of the molecule is Cc1nc(N[C@@H]2CCN(C(=O)OC(C)(C)C)C[C@H]2O)nnc1Cl. The lowest BCUT2D eigenvalue weighted by atomic mass is 10.0. The molecular weight excluding hydrogens is 322 g/mol. The fourth-order valence-electron chi connectivity index (χ4n) is 2.21. The Hall–Kier alpha value is -1.67. The second-order valence-electron chi connectivity index (χ2n) is 6.54. The third kappa shape index (κ3) is 4.90. The van der Waals surface area contributed by atoms with Crippen LogP contribution in [0, 0.1) is 6.92 Å². The van der Waals surface area contributed by atoms with Crippen molar-refractivity contribution in [1.29, 1.82) is 0 Å². The molecule has 1 aromatic heterocycles. The molecule has 2 N–H and O–H groups in total. The van der Waals surface area contributed by atoms with E-state index in [9.17, 15) is 9.90 Å². The summed E-state index contributed by atoms with van der Waals surface area (Å²) in [5, 5.41) is 21.2. The van der Waals surface area contributed by atoms with E-state index in [4.69, 9.17) is 16.3 Å². The van der Waals surface area contributed by atoms with E-state index >= 15 is 0 Å². The highest BCUT2D eigenvalue weighted by atomic mass is 35.5. The van der Waals surface area contributed by atoms with Crippen molar-refractivity contribution in [3.63, 3.8) is 0 Å². The molecule has 2 heterocycles. The van der Waals surface area contributed by atoms with Gasteiger partial charge in [-0.1, -0.05) is 11.6 Å². The van der Waals surface area contributed by atoms with E-state index in [0.717, 1.165) is 0 Å². The van der Waals surface area contributed by atoms with Crippen molar-refractivity contribution in [3.05, 3.63) is 10.8 Å². The number of aliphatic hydroxyl groups is 1. The molecule has 8 nitrogen and oxygen atoms in total. The van der Waals surface area contributed by atoms with E-state index in [-0.39, 0.29) is 17.7 Å². The highest BCUT2D eigenvalue weighted by Gasteiger charge is 2.32. The van der Waals surface area contributed by atoms with Crippen LogP contribution in [0.3, 0.4) is 0 Å². The lowest BCUT2D eigenvalue weighted by Gasteiger charge is -2.36. The van der Waals surface area contributed by atoms with E-state index < -0.39 is 17.8 Å². The van der Waals surface area contributed by atoms with Crippen molar-refractivity contribution in [2.45, 2.75) is 51.9 Å². The van der Waals surface area contributed by atoms with E-state index in [0.29, 0.717) is 24.6 Å². The van der Waals surface area contributed by atoms with Gasteiger partial charge in [-0.2, -0.15) is 0 Å². The number of ether oxygens (including phenoxy) is 1. The number of halogens is 1. The Morgan fingerprint density at radius 3 is 2.70 bits per heavy atom. The predicted molar refractivity (Wildman–Crippen MR) is 85.4 cm³/mol. The third-order valence-corrected chi connectivity index (χ3v) is 3.70. The van der Waals surface area contributed by atoms with Crippen molar-refractivity contribution in [2.75, 3.05) is 18.4 Å². The van der Waals surface area contributed by atoms with Gasteiger partial charge in [-0.15, -0.1) is 10.2 Å².